The quantitative estimate of drug-likeness (QED) is 0.156. The number of nitro groups is 2. The van der Waals surface area contributed by atoms with Gasteiger partial charge in [0, 0.05) is 23.3 Å². The maximum atomic E-state index is 11.5. The summed E-state index contributed by atoms with van der Waals surface area (Å²) in [6.07, 6.45) is 0. The van der Waals surface area contributed by atoms with Crippen molar-refractivity contribution >= 4 is 57.8 Å². The summed E-state index contributed by atoms with van der Waals surface area (Å²) in [5.74, 6) is 0. The summed E-state index contributed by atoms with van der Waals surface area (Å²) in [7, 11) is 0. The fourth-order valence-electron chi connectivity index (χ4n) is 3.56. The Morgan fingerprint density at radius 3 is 1.36 bits per heavy atom. The Kier molecular flexibility index (Phi) is 8.73. The molecule has 0 aliphatic carbocycles. The fourth-order valence-corrected chi connectivity index (χ4v) is 4.77. The molecule has 0 saturated heterocycles. The van der Waals surface area contributed by atoms with Gasteiger partial charge in [0.1, 0.15) is 0 Å². The zero-order valence-electron chi connectivity index (χ0n) is 18.0. The van der Waals surface area contributed by atoms with Crippen LogP contribution in [0.4, 0.5) is 11.4 Å². The number of alkyl halides is 4. The largest absolute Gasteiger partial charge is 0.275 e. The van der Waals surface area contributed by atoms with Crippen molar-refractivity contribution in [3.63, 3.8) is 0 Å². The number of nitro benzene ring substituents is 2. The number of hydrogen-bond donors (Lipinski definition) is 0. The average molecular weight is 564 g/mol. The molecule has 8 nitrogen and oxygen atoms in total. The van der Waals surface area contributed by atoms with E-state index >= 15 is 0 Å². The van der Waals surface area contributed by atoms with E-state index in [-0.39, 0.29) is 33.6 Å². The molecule has 4 unspecified atom stereocenters. The van der Waals surface area contributed by atoms with Gasteiger partial charge in [-0.2, -0.15) is 10.5 Å². The highest BCUT2D eigenvalue weighted by Gasteiger charge is 2.31. The first kappa shape index (κ1) is 27.2. The van der Waals surface area contributed by atoms with Gasteiger partial charge in [-0.15, -0.1) is 46.4 Å². The third-order valence-electron chi connectivity index (χ3n) is 5.37. The van der Waals surface area contributed by atoms with Crippen molar-refractivity contribution in [3.05, 3.63) is 114 Å². The average Bonchev–Trinajstić information content (AvgIpc) is 2.90. The second kappa shape index (κ2) is 11.6. The molecule has 0 aliphatic rings. The number of nitriles is 2. The molecule has 0 amide bonds. The van der Waals surface area contributed by atoms with Gasteiger partial charge >= 0.3 is 0 Å². The minimum absolute atomic E-state index is 0.109. The van der Waals surface area contributed by atoms with Crippen molar-refractivity contribution < 1.29 is 9.85 Å². The highest BCUT2D eigenvalue weighted by atomic mass is 35.5. The van der Waals surface area contributed by atoms with E-state index in [9.17, 15) is 20.2 Å². The monoisotopic (exact) mass is 562 g/mol. The number of halogens is 4. The van der Waals surface area contributed by atoms with Crippen molar-refractivity contribution in [2.75, 3.05) is 0 Å². The third kappa shape index (κ3) is 5.70. The van der Waals surface area contributed by atoms with Crippen molar-refractivity contribution in [1.82, 2.24) is 0 Å². The van der Waals surface area contributed by atoms with Crippen LogP contribution in [0.1, 0.15) is 54.9 Å². The van der Waals surface area contributed by atoms with Crippen LogP contribution in [-0.4, -0.2) is 9.85 Å². The lowest BCUT2D eigenvalue weighted by Gasteiger charge is -2.21. The maximum absolute atomic E-state index is 11.5. The number of benzene rings is 3. The second-order valence-electron chi connectivity index (χ2n) is 7.56. The van der Waals surface area contributed by atoms with E-state index in [0.717, 1.165) is 12.1 Å². The van der Waals surface area contributed by atoms with Crippen molar-refractivity contribution in [2.45, 2.75) is 21.5 Å². The molecule has 0 radical (unpaired) electrons. The number of nitrogens with zero attached hydrogens (tertiary/aromatic N) is 4. The Hall–Kier alpha value is -3.40. The minimum Gasteiger partial charge on any atom is -0.258 e. The minimum atomic E-state index is -1.03. The lowest BCUT2D eigenvalue weighted by Crippen LogP contribution is -2.07. The molecule has 0 heterocycles. The third-order valence-corrected chi connectivity index (χ3v) is 7.61. The van der Waals surface area contributed by atoms with E-state index in [4.69, 9.17) is 56.9 Å². The molecule has 0 aromatic heterocycles. The van der Waals surface area contributed by atoms with Gasteiger partial charge in [-0.05, 0) is 35.4 Å². The molecule has 3 rings (SSSR count). The Morgan fingerprint density at radius 1 is 0.639 bits per heavy atom. The summed E-state index contributed by atoms with van der Waals surface area (Å²) in [4.78, 5) is 21.8. The van der Waals surface area contributed by atoms with E-state index < -0.39 is 31.4 Å². The van der Waals surface area contributed by atoms with Crippen LogP contribution in [0.3, 0.4) is 0 Å². The number of rotatable bonds is 8. The van der Waals surface area contributed by atoms with E-state index in [2.05, 4.69) is 0 Å². The molecule has 0 spiro atoms. The second-order valence-corrected chi connectivity index (χ2v) is 9.44. The van der Waals surface area contributed by atoms with Gasteiger partial charge in [-0.25, -0.2) is 0 Å². The summed E-state index contributed by atoms with van der Waals surface area (Å²) in [6.45, 7) is 0. The van der Waals surface area contributed by atoms with Gasteiger partial charge in [-0.3, -0.25) is 20.2 Å². The van der Waals surface area contributed by atoms with Crippen molar-refractivity contribution in [1.29, 1.82) is 10.5 Å². The van der Waals surface area contributed by atoms with Crippen LogP contribution in [-0.2, 0) is 0 Å². The van der Waals surface area contributed by atoms with Crippen molar-refractivity contribution in [2.24, 2.45) is 0 Å². The van der Waals surface area contributed by atoms with E-state index in [1.807, 2.05) is 12.1 Å². The predicted octanol–water partition coefficient (Wildman–Crippen LogP) is 7.77. The predicted molar refractivity (Wildman–Crippen MR) is 136 cm³/mol. The SMILES string of the molecule is N#Cc1ccc(C(Cl)C(Cl)c2cccc(C(Cl)C(Cl)c3ccc(C#N)cc3[N+](=O)[O-])c2)c([N+](=O)[O-])c1. The topological polar surface area (TPSA) is 134 Å². The van der Waals surface area contributed by atoms with Crippen LogP contribution < -0.4 is 0 Å². The Bertz CT molecular complexity index is 1320. The first-order chi connectivity index (χ1) is 17.1. The summed E-state index contributed by atoms with van der Waals surface area (Å²) in [6, 6.07) is 18.1. The molecule has 0 saturated carbocycles. The molecule has 3 aromatic carbocycles. The highest BCUT2D eigenvalue weighted by Crippen LogP contribution is 2.46. The molecule has 36 heavy (non-hydrogen) atoms. The lowest BCUT2D eigenvalue weighted by atomic mass is 9.96. The number of hydrogen-bond acceptors (Lipinski definition) is 6. The lowest BCUT2D eigenvalue weighted by molar-refractivity contribution is -0.385. The van der Waals surface area contributed by atoms with Crippen LogP contribution in [0.2, 0.25) is 0 Å². The Morgan fingerprint density at radius 2 is 1.03 bits per heavy atom. The Labute approximate surface area is 225 Å². The van der Waals surface area contributed by atoms with Gasteiger partial charge in [0.05, 0.1) is 54.6 Å². The molecule has 0 aliphatic heterocycles. The zero-order valence-corrected chi connectivity index (χ0v) is 21.0. The molecular weight excluding hydrogens is 550 g/mol. The van der Waals surface area contributed by atoms with Crippen LogP contribution in [0.15, 0.2) is 60.7 Å². The molecule has 4 atom stereocenters. The van der Waals surface area contributed by atoms with Gasteiger partial charge in [0.2, 0.25) is 0 Å². The standard InChI is InChI=1S/C24H14Cl4N4O4/c25-21(23(27)17-6-4-13(11-29)8-19(17)31(33)34)15-2-1-3-16(10-15)22(26)24(28)18-7-5-14(12-30)9-20(18)32(35)36/h1-10,21-24H. The molecule has 0 fully saturated rings. The van der Waals surface area contributed by atoms with Gasteiger partial charge in [0.25, 0.3) is 11.4 Å². The van der Waals surface area contributed by atoms with E-state index in [1.165, 1.54) is 24.3 Å². The van der Waals surface area contributed by atoms with Crippen LogP contribution in [0.5, 0.6) is 0 Å². The summed E-state index contributed by atoms with van der Waals surface area (Å²) in [5, 5.41) is 37.2. The van der Waals surface area contributed by atoms with Crippen molar-refractivity contribution in [3.8, 4) is 12.1 Å². The molecular formula is C24H14Cl4N4O4. The zero-order chi connectivity index (χ0) is 26.6. The van der Waals surface area contributed by atoms with E-state index in [0.29, 0.717) is 11.1 Å². The highest BCUT2D eigenvalue weighted by molar-refractivity contribution is 6.31. The molecule has 0 N–H and O–H groups in total. The molecule has 3 aromatic rings. The fraction of sp³-hybridized carbons (Fsp3) is 0.167. The summed E-state index contributed by atoms with van der Waals surface area (Å²) < 4.78 is 0. The Balaban J connectivity index is 1.93. The van der Waals surface area contributed by atoms with Crippen LogP contribution >= 0.6 is 46.4 Å². The summed E-state index contributed by atoms with van der Waals surface area (Å²) in [5.41, 5.74) is 0.789. The smallest absolute Gasteiger partial charge is 0.258 e. The molecule has 182 valence electrons. The maximum Gasteiger partial charge on any atom is 0.275 e. The van der Waals surface area contributed by atoms with Crippen LogP contribution in [0, 0.1) is 42.9 Å². The van der Waals surface area contributed by atoms with Crippen LogP contribution in [0.25, 0.3) is 0 Å². The normalized spacial score (nSPS) is 14.1. The first-order valence-electron chi connectivity index (χ1n) is 10.1. The van der Waals surface area contributed by atoms with E-state index in [1.54, 1.807) is 24.3 Å². The summed E-state index contributed by atoms with van der Waals surface area (Å²) >= 11 is 26.3. The van der Waals surface area contributed by atoms with Gasteiger partial charge in [-0.1, -0.05) is 24.3 Å². The van der Waals surface area contributed by atoms with Gasteiger partial charge < -0.3 is 0 Å². The first-order valence-corrected chi connectivity index (χ1v) is 11.9. The molecule has 0 bridgehead atoms. The molecule has 12 heteroatoms. The van der Waals surface area contributed by atoms with Gasteiger partial charge in [0.15, 0.2) is 0 Å².